The second-order valence-corrected chi connectivity index (χ2v) is 28.8. The maximum atomic E-state index is 15.5. The number of ether oxygens (including phenoxy) is 1. The third-order valence-corrected chi connectivity index (χ3v) is 20.2. The summed E-state index contributed by atoms with van der Waals surface area (Å²) in [5.41, 5.74) is 5.79. The third-order valence-electron chi connectivity index (χ3n) is 20.2. The average molecular weight is 1390 g/mol. The lowest BCUT2D eigenvalue weighted by Crippen LogP contribution is -2.53. The van der Waals surface area contributed by atoms with Gasteiger partial charge in [-0.3, -0.25) is 38.4 Å². The van der Waals surface area contributed by atoms with Crippen molar-refractivity contribution in [1.29, 1.82) is 0 Å². The van der Waals surface area contributed by atoms with Crippen molar-refractivity contribution in [2.75, 3.05) is 105 Å². The van der Waals surface area contributed by atoms with E-state index in [0.717, 1.165) is 186 Å². The number of nitrogens with two attached hydrogens (primary N) is 1. The van der Waals surface area contributed by atoms with Crippen molar-refractivity contribution in [1.82, 2.24) is 34.7 Å². The lowest BCUT2D eigenvalue weighted by molar-refractivity contribution is -0.149. The molecular formula is C79H152N8O11. The van der Waals surface area contributed by atoms with Crippen LogP contribution >= 0.6 is 0 Å². The van der Waals surface area contributed by atoms with E-state index in [0.29, 0.717) is 51.9 Å². The fraction of sp³-hybridized carbons (Fsp3) is 0.899. The number of primary amides is 1. The first kappa shape index (κ1) is 93.6. The number of rotatable bonds is 68. The number of hydrogen-bond acceptors (Lipinski definition) is 12. The molecular weight excluding hydrogens is 1240 g/mol. The molecule has 0 aromatic heterocycles. The summed E-state index contributed by atoms with van der Waals surface area (Å²) in [4.78, 5) is 125. The molecule has 0 fully saturated rings. The second kappa shape index (κ2) is 62.4. The number of carbonyl (C=O) groups is 8. The Morgan fingerprint density at radius 1 is 0.337 bits per heavy atom. The van der Waals surface area contributed by atoms with E-state index < -0.39 is 29.7 Å². The summed E-state index contributed by atoms with van der Waals surface area (Å²) in [6, 6.07) is -0.730. The van der Waals surface area contributed by atoms with Crippen LogP contribution in [0.4, 0.5) is 0 Å². The van der Waals surface area contributed by atoms with Crippen LogP contribution in [-0.4, -0.2) is 198 Å². The summed E-state index contributed by atoms with van der Waals surface area (Å²) in [5, 5.41) is 22.7. The zero-order chi connectivity index (χ0) is 73.1. The lowest BCUT2D eigenvalue weighted by atomic mass is 9.95. The van der Waals surface area contributed by atoms with Gasteiger partial charge in [0.2, 0.25) is 41.4 Å². The monoisotopic (exact) mass is 1390 g/mol. The van der Waals surface area contributed by atoms with Gasteiger partial charge in [-0.25, -0.2) is 0 Å². The Bertz CT molecular complexity index is 2050. The van der Waals surface area contributed by atoms with Gasteiger partial charge in [0.05, 0.1) is 77.6 Å². The molecule has 19 nitrogen and oxygen atoms in total. The number of unbranched alkanes of at least 4 members (excludes halogenated alkanes) is 20. The van der Waals surface area contributed by atoms with Crippen LogP contribution in [-0.2, 0) is 43.1 Å². The molecule has 98 heavy (non-hydrogen) atoms. The van der Waals surface area contributed by atoms with E-state index in [4.69, 9.17) is 10.5 Å². The highest BCUT2D eigenvalue weighted by Gasteiger charge is 2.33. The van der Waals surface area contributed by atoms with Crippen LogP contribution in [0.2, 0.25) is 0 Å². The quantitative estimate of drug-likeness (QED) is 0.0328. The van der Waals surface area contributed by atoms with Gasteiger partial charge in [0.1, 0.15) is 0 Å². The van der Waals surface area contributed by atoms with Gasteiger partial charge in [0.25, 0.3) is 0 Å². The number of carbonyl (C=O) groups excluding carboxylic acids is 8. The summed E-state index contributed by atoms with van der Waals surface area (Å²) < 4.78 is 5.87. The number of esters is 1. The van der Waals surface area contributed by atoms with Crippen molar-refractivity contribution in [2.45, 2.75) is 326 Å². The molecule has 0 aliphatic rings. The van der Waals surface area contributed by atoms with Crippen molar-refractivity contribution in [3.8, 4) is 0 Å². The van der Waals surface area contributed by atoms with Crippen molar-refractivity contribution in [3.63, 3.8) is 0 Å². The van der Waals surface area contributed by atoms with Crippen LogP contribution in [0.5, 0.6) is 0 Å². The van der Waals surface area contributed by atoms with Gasteiger partial charge in [-0.15, -0.1) is 0 Å². The second-order valence-electron chi connectivity index (χ2n) is 28.8. The predicted molar refractivity (Wildman–Crippen MR) is 401 cm³/mol. The molecule has 5 unspecified atom stereocenters. The largest absolute Gasteiger partial charge is 0.465 e. The van der Waals surface area contributed by atoms with E-state index in [1.807, 2.05) is 0 Å². The Balaban J connectivity index is 7.67. The minimum atomic E-state index is -0.730. The van der Waals surface area contributed by atoms with Gasteiger partial charge in [-0.1, -0.05) is 256 Å². The average Bonchev–Trinajstić information content (AvgIpc) is 0.883. The molecule has 0 saturated carbocycles. The molecule has 0 saturated heterocycles. The molecule has 0 rings (SSSR count). The van der Waals surface area contributed by atoms with E-state index in [1.54, 1.807) is 19.6 Å². The number of nitrogens with zero attached hydrogens (tertiary/aromatic N) is 6. The number of aliphatic hydroxyl groups is 2. The molecule has 5 N–H and O–H groups in total. The Morgan fingerprint density at radius 3 is 0.969 bits per heavy atom. The van der Waals surface area contributed by atoms with E-state index in [-0.39, 0.29) is 132 Å². The van der Waals surface area contributed by atoms with E-state index >= 15 is 19.2 Å². The van der Waals surface area contributed by atoms with E-state index in [1.165, 1.54) is 41.9 Å². The smallest absolute Gasteiger partial charge is 0.308 e. The molecule has 0 spiro atoms. The summed E-state index contributed by atoms with van der Waals surface area (Å²) in [6.45, 7) is 22.6. The highest BCUT2D eigenvalue weighted by atomic mass is 16.5. The van der Waals surface area contributed by atoms with Gasteiger partial charge in [0, 0.05) is 39.3 Å². The van der Waals surface area contributed by atoms with Gasteiger partial charge in [-0.2, -0.15) is 0 Å². The fourth-order valence-corrected chi connectivity index (χ4v) is 13.0. The molecule has 0 bridgehead atoms. The Kier molecular flexibility index (Phi) is 59.6. The van der Waals surface area contributed by atoms with Crippen LogP contribution in [0.1, 0.15) is 320 Å². The minimum Gasteiger partial charge on any atom is -0.465 e. The molecule has 0 aromatic rings. The fourth-order valence-electron chi connectivity index (χ4n) is 13.0. The predicted octanol–water partition coefficient (Wildman–Crippen LogP) is 14.1. The van der Waals surface area contributed by atoms with Gasteiger partial charge < -0.3 is 55.4 Å². The highest BCUT2D eigenvalue weighted by Crippen LogP contribution is 2.23. The molecule has 0 aliphatic carbocycles. The molecule has 0 radical (unpaired) electrons. The topological polar surface area (TPSA) is 244 Å². The Hall–Kier alpha value is -4.36. The maximum absolute atomic E-state index is 15.5. The van der Waals surface area contributed by atoms with Gasteiger partial charge in [-0.05, 0) is 87.9 Å². The van der Waals surface area contributed by atoms with Crippen LogP contribution < -0.4 is 11.1 Å². The van der Waals surface area contributed by atoms with Crippen LogP contribution in [0.3, 0.4) is 0 Å². The molecule has 5 atom stereocenters. The normalized spacial score (nSPS) is 13.0. The Morgan fingerprint density at radius 2 is 0.622 bits per heavy atom. The van der Waals surface area contributed by atoms with E-state index in [9.17, 15) is 29.4 Å². The summed E-state index contributed by atoms with van der Waals surface area (Å²) in [7, 11) is 0. The summed E-state index contributed by atoms with van der Waals surface area (Å²) in [5.74, 6) is -2.83. The number of nitrogens with one attached hydrogen (secondary N) is 1. The highest BCUT2D eigenvalue weighted by molar-refractivity contribution is 5.93. The SMILES string of the molecule is CCCCCCCCCCCCN(CC(=O)N(CC(N)=O)CC(CC)CCCC)C(=O)CN(CC(CC)CCCC)C(=O)CN(CC(CC)CCCC)C(=O)CN(CCCCCCOC(=O)C(CCCC)CCCCCC)C(=O)CN(CC(CC)CCCC)C(=O)CNC(CO)CO. The first-order valence-electron chi connectivity index (χ1n) is 40.4. The number of amides is 7. The molecule has 574 valence electrons. The lowest BCUT2D eigenvalue weighted by Gasteiger charge is -2.35. The molecule has 7 amide bonds. The number of aliphatic hydroxyl groups excluding tert-OH is 2. The zero-order valence-corrected chi connectivity index (χ0v) is 65.0. The molecule has 0 aliphatic heterocycles. The third kappa shape index (κ3) is 45.5. The van der Waals surface area contributed by atoms with Crippen molar-refractivity contribution in [3.05, 3.63) is 0 Å². The first-order chi connectivity index (χ1) is 47.3. The number of hydrogen-bond donors (Lipinski definition) is 4. The van der Waals surface area contributed by atoms with Crippen LogP contribution in [0.25, 0.3) is 0 Å². The summed E-state index contributed by atoms with van der Waals surface area (Å²) >= 11 is 0. The van der Waals surface area contributed by atoms with Crippen molar-refractivity contribution in [2.24, 2.45) is 35.3 Å². The minimum absolute atomic E-state index is 0.0347. The standard InChI is InChI=1S/C79H152N8O11/c1-12-23-30-32-33-34-35-36-37-41-50-82(59-76(94)84(58-72(80)90)54-66(19-8)44-25-14-3)75(93)62-86(56-68(21-10)46-27-16-5)78(96)63-87(57-69(22-11)47-28-17-6)77(95)60-83(51-42-38-39-43-52-98-79(97)70(48-29-18-7)49-40-31-24-13-2)74(92)61-85(55-67(20-9)45-26-15-4)73(91)53-81-71(64-88)65-89/h66-71,81,88-89H,12-65H2,1-11H3,(H2,80,90). The zero-order valence-electron chi connectivity index (χ0n) is 65.0. The molecule has 19 heteroatoms. The van der Waals surface area contributed by atoms with Gasteiger partial charge >= 0.3 is 5.97 Å². The molecule has 0 heterocycles. The van der Waals surface area contributed by atoms with Crippen LogP contribution in [0.15, 0.2) is 0 Å². The van der Waals surface area contributed by atoms with Crippen LogP contribution in [0, 0.1) is 29.6 Å². The van der Waals surface area contributed by atoms with E-state index in [2.05, 4.69) is 81.5 Å². The first-order valence-corrected chi connectivity index (χ1v) is 40.4. The molecule has 0 aromatic carbocycles. The van der Waals surface area contributed by atoms with Crippen molar-refractivity contribution < 1.29 is 53.3 Å². The summed E-state index contributed by atoms with van der Waals surface area (Å²) in [6.07, 6.45) is 35.7. The van der Waals surface area contributed by atoms with Gasteiger partial charge in [0.15, 0.2) is 0 Å². The Labute approximate surface area is 599 Å². The van der Waals surface area contributed by atoms with Crippen molar-refractivity contribution >= 4 is 47.3 Å². The maximum Gasteiger partial charge on any atom is 0.308 e.